The zero-order valence-electron chi connectivity index (χ0n) is 7.67. The molecule has 0 saturated heterocycles. The van der Waals surface area contributed by atoms with Gasteiger partial charge in [-0.15, -0.1) is 0 Å². The highest BCUT2D eigenvalue weighted by molar-refractivity contribution is 4.85. The molecule has 0 fully saturated rings. The Kier molecular flexibility index (Phi) is 5.04. The fourth-order valence-electron chi connectivity index (χ4n) is 1.53. The first kappa shape index (κ1) is 9.75. The highest BCUT2D eigenvalue weighted by Crippen LogP contribution is 2.14. The highest BCUT2D eigenvalue weighted by Gasteiger charge is 2.08. The van der Waals surface area contributed by atoms with Crippen molar-refractivity contribution in [2.24, 2.45) is 5.73 Å². The lowest BCUT2D eigenvalue weighted by molar-refractivity contribution is 0.0457. The van der Waals surface area contributed by atoms with Gasteiger partial charge in [-0.2, -0.15) is 0 Å². The standard InChI is InChI=1S/C10H19NO/c11-8-9-12-10-6-4-2-1-3-5-7-10/h1-2,10H,3-9,11H2/b2-1-. The molecule has 2 heteroatoms. The van der Waals surface area contributed by atoms with Gasteiger partial charge in [-0.3, -0.25) is 0 Å². The summed E-state index contributed by atoms with van der Waals surface area (Å²) in [6.45, 7) is 1.36. The average molecular weight is 169 g/mol. The van der Waals surface area contributed by atoms with Crippen LogP contribution >= 0.6 is 0 Å². The van der Waals surface area contributed by atoms with E-state index in [0.717, 1.165) is 12.8 Å². The topological polar surface area (TPSA) is 35.2 Å². The molecule has 12 heavy (non-hydrogen) atoms. The number of rotatable bonds is 3. The third-order valence-electron chi connectivity index (χ3n) is 2.19. The minimum absolute atomic E-state index is 0.457. The zero-order chi connectivity index (χ0) is 8.65. The molecule has 2 nitrogen and oxygen atoms in total. The molecule has 2 N–H and O–H groups in total. The van der Waals surface area contributed by atoms with Crippen molar-refractivity contribution in [1.82, 2.24) is 0 Å². The van der Waals surface area contributed by atoms with Crippen LogP contribution in [0.4, 0.5) is 0 Å². The fourth-order valence-corrected chi connectivity index (χ4v) is 1.53. The molecule has 1 rings (SSSR count). The summed E-state index contributed by atoms with van der Waals surface area (Å²) < 4.78 is 5.61. The molecule has 0 aromatic carbocycles. The van der Waals surface area contributed by atoms with Crippen LogP contribution in [0.1, 0.15) is 32.1 Å². The van der Waals surface area contributed by atoms with Crippen molar-refractivity contribution in [3.05, 3.63) is 12.2 Å². The first-order valence-electron chi connectivity index (χ1n) is 4.90. The monoisotopic (exact) mass is 169 g/mol. The summed E-state index contributed by atoms with van der Waals surface area (Å²) in [6, 6.07) is 0. The molecule has 0 amide bonds. The molecule has 1 atom stereocenters. The van der Waals surface area contributed by atoms with Crippen molar-refractivity contribution < 1.29 is 4.74 Å². The van der Waals surface area contributed by atoms with Crippen molar-refractivity contribution in [3.8, 4) is 0 Å². The second kappa shape index (κ2) is 6.21. The third kappa shape index (κ3) is 3.88. The van der Waals surface area contributed by atoms with Crippen LogP contribution < -0.4 is 5.73 Å². The maximum Gasteiger partial charge on any atom is 0.0592 e. The molecule has 0 heterocycles. The van der Waals surface area contributed by atoms with Crippen LogP contribution in [0, 0.1) is 0 Å². The molecule has 0 saturated carbocycles. The first-order valence-corrected chi connectivity index (χ1v) is 4.90. The molecule has 0 aliphatic heterocycles. The van der Waals surface area contributed by atoms with E-state index in [2.05, 4.69) is 12.2 Å². The molecule has 1 aliphatic rings. The summed E-state index contributed by atoms with van der Waals surface area (Å²) in [7, 11) is 0. The second-order valence-electron chi connectivity index (χ2n) is 3.26. The van der Waals surface area contributed by atoms with Crippen LogP contribution in [-0.4, -0.2) is 19.3 Å². The summed E-state index contributed by atoms with van der Waals surface area (Å²) in [5.41, 5.74) is 5.38. The van der Waals surface area contributed by atoms with E-state index in [1.54, 1.807) is 0 Å². The molecule has 0 bridgehead atoms. The number of allylic oxidation sites excluding steroid dienone is 2. The van der Waals surface area contributed by atoms with Gasteiger partial charge in [0.2, 0.25) is 0 Å². The van der Waals surface area contributed by atoms with Gasteiger partial charge in [0.15, 0.2) is 0 Å². The molecule has 1 aliphatic carbocycles. The SMILES string of the molecule is NCCOC1CC/C=C\CCC1. The van der Waals surface area contributed by atoms with Gasteiger partial charge in [0.05, 0.1) is 12.7 Å². The van der Waals surface area contributed by atoms with Gasteiger partial charge in [0.25, 0.3) is 0 Å². The van der Waals surface area contributed by atoms with Gasteiger partial charge in [-0.1, -0.05) is 12.2 Å². The predicted octanol–water partition coefficient (Wildman–Crippen LogP) is 1.85. The zero-order valence-corrected chi connectivity index (χ0v) is 7.67. The number of nitrogens with two attached hydrogens (primary N) is 1. The average Bonchev–Trinajstić information content (AvgIpc) is 2.02. The number of hydrogen-bond acceptors (Lipinski definition) is 2. The Bertz CT molecular complexity index is 134. The molecule has 1 unspecified atom stereocenters. The smallest absolute Gasteiger partial charge is 0.0592 e. The number of ether oxygens (including phenoxy) is 1. The summed E-state index contributed by atoms with van der Waals surface area (Å²) in [6.07, 6.45) is 11.0. The Morgan fingerprint density at radius 2 is 2.08 bits per heavy atom. The summed E-state index contributed by atoms with van der Waals surface area (Å²) in [5.74, 6) is 0. The van der Waals surface area contributed by atoms with Crippen LogP contribution in [0.15, 0.2) is 12.2 Å². The third-order valence-corrected chi connectivity index (χ3v) is 2.19. The second-order valence-corrected chi connectivity index (χ2v) is 3.26. The van der Waals surface area contributed by atoms with Crippen LogP contribution in [0.2, 0.25) is 0 Å². The van der Waals surface area contributed by atoms with Gasteiger partial charge in [-0.05, 0) is 32.1 Å². The Balaban J connectivity index is 2.18. The number of hydrogen-bond donors (Lipinski definition) is 1. The van der Waals surface area contributed by atoms with E-state index in [1.807, 2.05) is 0 Å². The van der Waals surface area contributed by atoms with Gasteiger partial charge in [0.1, 0.15) is 0 Å². The van der Waals surface area contributed by atoms with E-state index in [-0.39, 0.29) is 0 Å². The van der Waals surface area contributed by atoms with E-state index < -0.39 is 0 Å². The minimum atomic E-state index is 0.457. The van der Waals surface area contributed by atoms with Gasteiger partial charge in [0, 0.05) is 6.54 Å². The van der Waals surface area contributed by atoms with Crippen molar-refractivity contribution in [1.29, 1.82) is 0 Å². The molecular weight excluding hydrogens is 150 g/mol. The van der Waals surface area contributed by atoms with E-state index in [4.69, 9.17) is 10.5 Å². The summed E-state index contributed by atoms with van der Waals surface area (Å²) >= 11 is 0. The molecular formula is C10H19NO. The molecule has 0 aromatic heterocycles. The van der Waals surface area contributed by atoms with Crippen molar-refractivity contribution in [3.63, 3.8) is 0 Å². The van der Waals surface area contributed by atoms with Gasteiger partial charge >= 0.3 is 0 Å². The van der Waals surface area contributed by atoms with Crippen molar-refractivity contribution in [2.75, 3.05) is 13.2 Å². The quantitative estimate of drug-likeness (QED) is 0.654. The van der Waals surface area contributed by atoms with E-state index in [1.165, 1.54) is 19.3 Å². The van der Waals surface area contributed by atoms with Crippen LogP contribution in [0.5, 0.6) is 0 Å². The largest absolute Gasteiger partial charge is 0.377 e. The Morgan fingerprint density at radius 1 is 1.25 bits per heavy atom. The summed E-state index contributed by atoms with van der Waals surface area (Å²) in [5, 5.41) is 0. The lowest BCUT2D eigenvalue weighted by Gasteiger charge is -2.17. The lowest BCUT2D eigenvalue weighted by atomic mass is 10.0. The Labute approximate surface area is 74.8 Å². The summed E-state index contributed by atoms with van der Waals surface area (Å²) in [4.78, 5) is 0. The molecule has 70 valence electrons. The van der Waals surface area contributed by atoms with Gasteiger partial charge < -0.3 is 10.5 Å². The lowest BCUT2D eigenvalue weighted by Crippen LogP contribution is -2.18. The normalized spacial score (nSPS) is 27.6. The van der Waals surface area contributed by atoms with E-state index in [0.29, 0.717) is 19.3 Å². The van der Waals surface area contributed by atoms with Crippen LogP contribution in [0.3, 0.4) is 0 Å². The van der Waals surface area contributed by atoms with Gasteiger partial charge in [-0.25, -0.2) is 0 Å². The maximum atomic E-state index is 5.61. The molecule has 0 aromatic rings. The highest BCUT2D eigenvalue weighted by atomic mass is 16.5. The van der Waals surface area contributed by atoms with Crippen LogP contribution in [0.25, 0.3) is 0 Å². The Morgan fingerprint density at radius 3 is 2.92 bits per heavy atom. The first-order chi connectivity index (χ1) is 5.93. The van der Waals surface area contributed by atoms with Crippen LogP contribution in [-0.2, 0) is 4.74 Å². The molecule has 0 radical (unpaired) electrons. The van der Waals surface area contributed by atoms with Crippen molar-refractivity contribution in [2.45, 2.75) is 38.2 Å². The van der Waals surface area contributed by atoms with E-state index in [9.17, 15) is 0 Å². The fraction of sp³-hybridized carbons (Fsp3) is 0.800. The minimum Gasteiger partial charge on any atom is -0.377 e. The molecule has 0 spiro atoms. The van der Waals surface area contributed by atoms with E-state index >= 15 is 0 Å². The maximum absolute atomic E-state index is 5.61. The Hall–Kier alpha value is -0.340. The predicted molar refractivity (Wildman–Crippen MR) is 51.0 cm³/mol. The van der Waals surface area contributed by atoms with Crippen molar-refractivity contribution >= 4 is 0 Å².